The van der Waals surface area contributed by atoms with Crippen LogP contribution in [0.25, 0.3) is 0 Å². The minimum Gasteiger partial charge on any atom is -0.375 e. The van der Waals surface area contributed by atoms with E-state index >= 15 is 0 Å². The van der Waals surface area contributed by atoms with Gasteiger partial charge >= 0.3 is 0 Å². The molecule has 1 atom stereocenters. The zero-order valence-corrected chi connectivity index (χ0v) is 6.21. The molecular formula is C8H14O2. The molecule has 0 bridgehead atoms. The van der Waals surface area contributed by atoms with Crippen molar-refractivity contribution in [2.24, 2.45) is 0 Å². The van der Waals surface area contributed by atoms with Crippen molar-refractivity contribution in [3.05, 3.63) is 0 Å². The first-order valence-corrected chi connectivity index (χ1v) is 4.18. The molecule has 0 aromatic heterocycles. The molecular weight excluding hydrogens is 128 g/mol. The number of rotatable bonds is 3. The van der Waals surface area contributed by atoms with Crippen LogP contribution in [0.15, 0.2) is 0 Å². The molecule has 1 aliphatic heterocycles. The number of hydrogen-bond acceptors (Lipinski definition) is 2. The van der Waals surface area contributed by atoms with Gasteiger partial charge < -0.3 is 9.47 Å². The highest BCUT2D eigenvalue weighted by Crippen LogP contribution is 2.22. The highest BCUT2D eigenvalue weighted by atomic mass is 16.6. The highest BCUT2D eigenvalue weighted by Gasteiger charge is 2.25. The fraction of sp³-hybridized carbons (Fsp3) is 1.00. The van der Waals surface area contributed by atoms with Crippen LogP contribution in [0.3, 0.4) is 0 Å². The second kappa shape index (κ2) is 2.89. The molecule has 1 saturated carbocycles. The monoisotopic (exact) mass is 142 g/mol. The predicted octanol–water partition coefficient (Wildman–Crippen LogP) is 1.34. The minimum atomic E-state index is 0.445. The van der Waals surface area contributed by atoms with Gasteiger partial charge in [0, 0.05) is 0 Å². The van der Waals surface area contributed by atoms with Crippen molar-refractivity contribution >= 4 is 0 Å². The molecule has 58 valence electrons. The van der Waals surface area contributed by atoms with Gasteiger partial charge in [0.1, 0.15) is 6.10 Å². The van der Waals surface area contributed by atoms with Gasteiger partial charge in [-0.05, 0) is 12.8 Å². The summed E-state index contributed by atoms with van der Waals surface area (Å²) in [4.78, 5) is 0. The third kappa shape index (κ3) is 1.70. The molecule has 1 aliphatic carbocycles. The molecule has 0 spiro atoms. The van der Waals surface area contributed by atoms with Crippen LogP contribution in [-0.2, 0) is 9.47 Å². The predicted molar refractivity (Wildman–Crippen MR) is 37.9 cm³/mol. The summed E-state index contributed by atoms with van der Waals surface area (Å²) in [5.41, 5.74) is 0. The van der Waals surface area contributed by atoms with Crippen LogP contribution < -0.4 is 0 Å². The van der Waals surface area contributed by atoms with E-state index in [2.05, 4.69) is 0 Å². The first kappa shape index (κ1) is 6.62. The number of epoxide rings is 1. The normalized spacial score (nSPS) is 33.0. The lowest BCUT2D eigenvalue weighted by molar-refractivity contribution is 0.0475. The van der Waals surface area contributed by atoms with Crippen molar-refractivity contribution in [3.63, 3.8) is 0 Å². The maximum absolute atomic E-state index is 5.60. The van der Waals surface area contributed by atoms with Gasteiger partial charge in [0.05, 0.1) is 19.3 Å². The summed E-state index contributed by atoms with van der Waals surface area (Å²) in [7, 11) is 0. The van der Waals surface area contributed by atoms with E-state index in [0.29, 0.717) is 12.2 Å². The topological polar surface area (TPSA) is 21.8 Å². The average molecular weight is 142 g/mol. The Balaban J connectivity index is 1.59. The Kier molecular flexibility index (Phi) is 1.91. The maximum Gasteiger partial charge on any atom is 0.104 e. The second-order valence-corrected chi connectivity index (χ2v) is 3.20. The Morgan fingerprint density at radius 2 is 2.00 bits per heavy atom. The van der Waals surface area contributed by atoms with Crippen LogP contribution in [0, 0.1) is 0 Å². The van der Waals surface area contributed by atoms with E-state index in [1.807, 2.05) is 0 Å². The molecule has 1 heterocycles. The van der Waals surface area contributed by atoms with E-state index in [1.165, 1.54) is 25.7 Å². The molecule has 0 amide bonds. The van der Waals surface area contributed by atoms with Crippen LogP contribution in [-0.4, -0.2) is 25.4 Å². The van der Waals surface area contributed by atoms with Gasteiger partial charge in [-0.25, -0.2) is 0 Å². The average Bonchev–Trinajstić information content (AvgIpc) is 2.63. The maximum atomic E-state index is 5.60. The Morgan fingerprint density at radius 3 is 2.60 bits per heavy atom. The molecule has 2 rings (SSSR count). The number of ether oxygens (including phenoxy) is 2. The quantitative estimate of drug-likeness (QED) is 0.555. The zero-order chi connectivity index (χ0) is 6.81. The molecule has 2 heteroatoms. The number of hydrogen-bond donors (Lipinski definition) is 0. The summed E-state index contributed by atoms with van der Waals surface area (Å²) in [5, 5.41) is 0. The van der Waals surface area contributed by atoms with Crippen molar-refractivity contribution in [1.29, 1.82) is 0 Å². The van der Waals surface area contributed by atoms with E-state index in [4.69, 9.17) is 9.47 Å². The summed E-state index contributed by atoms with van der Waals surface area (Å²) in [6, 6.07) is 0. The first-order valence-electron chi connectivity index (χ1n) is 4.18. The standard InChI is InChI=1S/C8H14O2/c1-2-4-7(3-1)9-5-8-6-10-8/h7-8H,1-6H2/t8-/m0/s1. The minimum absolute atomic E-state index is 0.445. The lowest BCUT2D eigenvalue weighted by Crippen LogP contribution is -2.11. The molecule has 0 radical (unpaired) electrons. The highest BCUT2D eigenvalue weighted by molar-refractivity contribution is 4.71. The van der Waals surface area contributed by atoms with Crippen LogP contribution in [0.2, 0.25) is 0 Å². The van der Waals surface area contributed by atoms with Gasteiger partial charge in [0.2, 0.25) is 0 Å². The molecule has 1 saturated heterocycles. The molecule has 0 aromatic carbocycles. The Labute approximate surface area is 61.5 Å². The molecule has 0 N–H and O–H groups in total. The van der Waals surface area contributed by atoms with Crippen LogP contribution >= 0.6 is 0 Å². The van der Waals surface area contributed by atoms with Crippen LogP contribution in [0.1, 0.15) is 25.7 Å². The van der Waals surface area contributed by atoms with Crippen LogP contribution in [0.4, 0.5) is 0 Å². The van der Waals surface area contributed by atoms with E-state index in [0.717, 1.165) is 13.2 Å². The Morgan fingerprint density at radius 1 is 1.30 bits per heavy atom. The van der Waals surface area contributed by atoms with Gasteiger partial charge in [0.15, 0.2) is 0 Å². The lowest BCUT2D eigenvalue weighted by atomic mass is 10.3. The molecule has 2 aliphatic rings. The first-order chi connectivity index (χ1) is 4.95. The van der Waals surface area contributed by atoms with Crippen molar-refractivity contribution in [3.8, 4) is 0 Å². The summed E-state index contributed by atoms with van der Waals surface area (Å²) < 4.78 is 10.6. The van der Waals surface area contributed by atoms with Crippen molar-refractivity contribution < 1.29 is 9.47 Å². The second-order valence-electron chi connectivity index (χ2n) is 3.20. The molecule has 0 unspecified atom stereocenters. The smallest absolute Gasteiger partial charge is 0.104 e. The third-order valence-electron chi connectivity index (χ3n) is 2.22. The van der Waals surface area contributed by atoms with Gasteiger partial charge in [0.25, 0.3) is 0 Å². The Bertz CT molecular complexity index is 104. The van der Waals surface area contributed by atoms with Crippen LogP contribution in [0.5, 0.6) is 0 Å². The van der Waals surface area contributed by atoms with E-state index in [9.17, 15) is 0 Å². The lowest BCUT2D eigenvalue weighted by Gasteiger charge is -2.08. The fourth-order valence-corrected chi connectivity index (χ4v) is 1.46. The zero-order valence-electron chi connectivity index (χ0n) is 6.21. The Hall–Kier alpha value is -0.0800. The molecule has 10 heavy (non-hydrogen) atoms. The molecule has 2 fully saturated rings. The van der Waals surface area contributed by atoms with E-state index in [-0.39, 0.29) is 0 Å². The summed E-state index contributed by atoms with van der Waals surface area (Å²) >= 11 is 0. The van der Waals surface area contributed by atoms with Gasteiger partial charge in [-0.1, -0.05) is 12.8 Å². The van der Waals surface area contributed by atoms with Crippen molar-refractivity contribution in [1.82, 2.24) is 0 Å². The van der Waals surface area contributed by atoms with Crippen molar-refractivity contribution in [2.45, 2.75) is 37.9 Å². The molecule has 0 aromatic rings. The molecule has 2 nitrogen and oxygen atoms in total. The van der Waals surface area contributed by atoms with Gasteiger partial charge in [-0.15, -0.1) is 0 Å². The van der Waals surface area contributed by atoms with Gasteiger partial charge in [-0.3, -0.25) is 0 Å². The SMILES string of the molecule is C1CCC(OC[C@H]2CO2)C1. The summed E-state index contributed by atoms with van der Waals surface area (Å²) in [6.45, 7) is 1.76. The summed E-state index contributed by atoms with van der Waals surface area (Å²) in [6.07, 6.45) is 6.26. The van der Waals surface area contributed by atoms with Crippen molar-refractivity contribution in [2.75, 3.05) is 13.2 Å². The van der Waals surface area contributed by atoms with E-state index < -0.39 is 0 Å². The largest absolute Gasteiger partial charge is 0.375 e. The fourth-order valence-electron chi connectivity index (χ4n) is 1.46. The third-order valence-corrected chi connectivity index (χ3v) is 2.22. The van der Waals surface area contributed by atoms with E-state index in [1.54, 1.807) is 0 Å². The van der Waals surface area contributed by atoms with Gasteiger partial charge in [-0.2, -0.15) is 0 Å². The summed E-state index contributed by atoms with van der Waals surface area (Å²) in [5.74, 6) is 0.